The SMILES string of the molecule is CCCCOCC(=O)NOC(C)=O. The molecule has 0 aliphatic rings. The number of hydrogen-bond acceptors (Lipinski definition) is 4. The Bertz CT molecular complexity index is 170. The maximum atomic E-state index is 10.8. The lowest BCUT2D eigenvalue weighted by molar-refractivity contribution is -0.157. The van der Waals surface area contributed by atoms with Crippen LogP contribution in [0.25, 0.3) is 0 Å². The van der Waals surface area contributed by atoms with E-state index >= 15 is 0 Å². The average molecular weight is 189 g/mol. The van der Waals surface area contributed by atoms with Crippen LogP contribution in [-0.4, -0.2) is 25.1 Å². The van der Waals surface area contributed by atoms with Gasteiger partial charge >= 0.3 is 5.97 Å². The van der Waals surface area contributed by atoms with Crippen LogP contribution in [0.1, 0.15) is 26.7 Å². The number of nitrogens with one attached hydrogen (secondary N) is 1. The molecule has 5 nitrogen and oxygen atoms in total. The van der Waals surface area contributed by atoms with Crippen molar-refractivity contribution in [1.82, 2.24) is 5.48 Å². The zero-order chi connectivity index (χ0) is 10.1. The summed E-state index contributed by atoms with van der Waals surface area (Å²) < 4.78 is 4.96. The second-order valence-electron chi connectivity index (χ2n) is 2.53. The summed E-state index contributed by atoms with van der Waals surface area (Å²) in [6.07, 6.45) is 1.94. The maximum absolute atomic E-state index is 10.8. The highest BCUT2D eigenvalue weighted by Crippen LogP contribution is 1.87. The Kier molecular flexibility index (Phi) is 6.91. The fourth-order valence-electron chi connectivity index (χ4n) is 0.570. The summed E-state index contributed by atoms with van der Waals surface area (Å²) in [5.74, 6) is -1.01. The van der Waals surface area contributed by atoms with E-state index in [2.05, 4.69) is 4.84 Å². The Balaban J connectivity index is 3.25. The second-order valence-corrected chi connectivity index (χ2v) is 2.53. The van der Waals surface area contributed by atoms with Crippen LogP contribution >= 0.6 is 0 Å². The van der Waals surface area contributed by atoms with Gasteiger partial charge in [-0.3, -0.25) is 9.59 Å². The highest BCUT2D eigenvalue weighted by atomic mass is 16.7. The smallest absolute Gasteiger partial charge is 0.329 e. The van der Waals surface area contributed by atoms with Crippen molar-refractivity contribution in [2.24, 2.45) is 0 Å². The first kappa shape index (κ1) is 11.9. The molecule has 0 aliphatic heterocycles. The van der Waals surface area contributed by atoms with Crippen molar-refractivity contribution < 1.29 is 19.2 Å². The first-order valence-corrected chi connectivity index (χ1v) is 4.20. The standard InChI is InChI=1S/C8H15NO4/c1-3-4-5-12-6-8(11)9-13-7(2)10/h3-6H2,1-2H3,(H,9,11). The molecule has 0 spiro atoms. The summed E-state index contributed by atoms with van der Waals surface area (Å²) in [6.45, 7) is 3.71. The number of amides is 1. The summed E-state index contributed by atoms with van der Waals surface area (Å²) in [4.78, 5) is 25.3. The number of unbranched alkanes of at least 4 members (excludes halogenated alkanes) is 1. The molecule has 0 aromatic carbocycles. The Labute approximate surface area is 77.3 Å². The minimum atomic E-state index is -0.554. The van der Waals surface area contributed by atoms with Crippen LogP contribution in [-0.2, 0) is 19.2 Å². The molecule has 0 saturated heterocycles. The van der Waals surface area contributed by atoms with E-state index in [9.17, 15) is 9.59 Å². The van der Waals surface area contributed by atoms with Crippen LogP contribution < -0.4 is 5.48 Å². The Morgan fingerprint density at radius 2 is 2.08 bits per heavy atom. The molecule has 1 N–H and O–H groups in total. The molecule has 0 aliphatic carbocycles. The Morgan fingerprint density at radius 3 is 2.62 bits per heavy atom. The number of hydrogen-bond donors (Lipinski definition) is 1. The molecular weight excluding hydrogens is 174 g/mol. The molecule has 0 unspecified atom stereocenters. The van der Waals surface area contributed by atoms with Crippen molar-refractivity contribution in [2.75, 3.05) is 13.2 Å². The predicted octanol–water partition coefficient (Wildman–Crippen LogP) is 0.397. The van der Waals surface area contributed by atoms with Crippen LogP contribution in [0.15, 0.2) is 0 Å². The van der Waals surface area contributed by atoms with Gasteiger partial charge in [0.1, 0.15) is 6.61 Å². The van der Waals surface area contributed by atoms with Crippen molar-refractivity contribution in [3.63, 3.8) is 0 Å². The third-order valence-electron chi connectivity index (χ3n) is 1.18. The Morgan fingerprint density at radius 1 is 1.38 bits per heavy atom. The van der Waals surface area contributed by atoms with E-state index in [-0.39, 0.29) is 6.61 Å². The molecule has 13 heavy (non-hydrogen) atoms. The summed E-state index contributed by atoms with van der Waals surface area (Å²) in [6, 6.07) is 0. The Hall–Kier alpha value is -1.10. The summed E-state index contributed by atoms with van der Waals surface area (Å²) in [7, 11) is 0. The number of rotatable bonds is 5. The van der Waals surface area contributed by atoms with Gasteiger partial charge in [-0.25, -0.2) is 0 Å². The molecule has 0 fully saturated rings. The number of carbonyl (C=O) groups is 2. The van der Waals surface area contributed by atoms with Gasteiger partial charge in [0.2, 0.25) is 0 Å². The van der Waals surface area contributed by atoms with Gasteiger partial charge < -0.3 is 9.57 Å². The van der Waals surface area contributed by atoms with E-state index in [1.807, 2.05) is 12.4 Å². The van der Waals surface area contributed by atoms with E-state index in [0.29, 0.717) is 6.61 Å². The zero-order valence-electron chi connectivity index (χ0n) is 7.96. The van der Waals surface area contributed by atoms with E-state index in [4.69, 9.17) is 4.74 Å². The number of carbonyl (C=O) groups excluding carboxylic acids is 2. The molecule has 0 bridgehead atoms. The molecule has 0 heterocycles. The quantitative estimate of drug-likeness (QED) is 0.502. The minimum Gasteiger partial charge on any atom is -0.372 e. The van der Waals surface area contributed by atoms with Crippen LogP contribution in [0.3, 0.4) is 0 Å². The molecule has 0 atom stereocenters. The van der Waals surface area contributed by atoms with Crippen molar-refractivity contribution in [2.45, 2.75) is 26.7 Å². The lowest BCUT2D eigenvalue weighted by atomic mass is 10.4. The average Bonchev–Trinajstić information content (AvgIpc) is 2.09. The van der Waals surface area contributed by atoms with Gasteiger partial charge in [-0.2, -0.15) is 5.48 Å². The van der Waals surface area contributed by atoms with E-state index in [0.717, 1.165) is 12.8 Å². The van der Waals surface area contributed by atoms with Gasteiger partial charge in [-0.1, -0.05) is 13.3 Å². The summed E-state index contributed by atoms with van der Waals surface area (Å²) >= 11 is 0. The van der Waals surface area contributed by atoms with Crippen molar-refractivity contribution in [3.8, 4) is 0 Å². The van der Waals surface area contributed by atoms with Gasteiger partial charge in [-0.05, 0) is 6.42 Å². The van der Waals surface area contributed by atoms with Crippen LogP contribution in [0.4, 0.5) is 0 Å². The topological polar surface area (TPSA) is 64.6 Å². The molecule has 0 aromatic heterocycles. The lowest BCUT2D eigenvalue weighted by Gasteiger charge is -2.03. The maximum Gasteiger partial charge on any atom is 0.329 e. The lowest BCUT2D eigenvalue weighted by Crippen LogP contribution is -2.29. The van der Waals surface area contributed by atoms with Crippen molar-refractivity contribution >= 4 is 11.9 Å². The molecule has 0 radical (unpaired) electrons. The van der Waals surface area contributed by atoms with Crippen LogP contribution in [0, 0.1) is 0 Å². The molecule has 0 rings (SSSR count). The molecule has 76 valence electrons. The van der Waals surface area contributed by atoms with Crippen LogP contribution in [0.2, 0.25) is 0 Å². The largest absolute Gasteiger partial charge is 0.372 e. The van der Waals surface area contributed by atoms with Gasteiger partial charge in [0.15, 0.2) is 0 Å². The zero-order valence-corrected chi connectivity index (χ0v) is 7.96. The highest BCUT2D eigenvalue weighted by Gasteiger charge is 2.01. The third kappa shape index (κ3) is 8.81. The number of hydroxylamine groups is 1. The fourth-order valence-corrected chi connectivity index (χ4v) is 0.570. The minimum absolute atomic E-state index is 0.0761. The summed E-state index contributed by atoms with van der Waals surface area (Å²) in [5, 5.41) is 0. The van der Waals surface area contributed by atoms with Gasteiger partial charge in [0.05, 0.1) is 0 Å². The second kappa shape index (κ2) is 7.54. The molecule has 5 heteroatoms. The fraction of sp³-hybridized carbons (Fsp3) is 0.750. The molecule has 0 aromatic rings. The van der Waals surface area contributed by atoms with Gasteiger partial charge in [0, 0.05) is 13.5 Å². The van der Waals surface area contributed by atoms with E-state index in [1.165, 1.54) is 6.92 Å². The third-order valence-corrected chi connectivity index (χ3v) is 1.18. The molecule has 0 saturated carbocycles. The van der Waals surface area contributed by atoms with E-state index < -0.39 is 11.9 Å². The van der Waals surface area contributed by atoms with Crippen molar-refractivity contribution in [1.29, 1.82) is 0 Å². The molecular formula is C8H15NO4. The monoisotopic (exact) mass is 189 g/mol. The summed E-state index contributed by atoms with van der Waals surface area (Å²) in [5.41, 5.74) is 1.95. The van der Waals surface area contributed by atoms with E-state index in [1.54, 1.807) is 0 Å². The first-order chi connectivity index (χ1) is 6.16. The van der Waals surface area contributed by atoms with Gasteiger partial charge in [0.25, 0.3) is 5.91 Å². The van der Waals surface area contributed by atoms with Crippen LogP contribution in [0.5, 0.6) is 0 Å². The molecule has 1 amide bonds. The van der Waals surface area contributed by atoms with Gasteiger partial charge in [-0.15, -0.1) is 0 Å². The predicted molar refractivity (Wildman–Crippen MR) is 45.6 cm³/mol. The normalized spacial score (nSPS) is 9.38. The first-order valence-electron chi connectivity index (χ1n) is 4.20. The number of ether oxygens (including phenoxy) is 1. The van der Waals surface area contributed by atoms with Crippen molar-refractivity contribution in [3.05, 3.63) is 0 Å². The highest BCUT2D eigenvalue weighted by molar-refractivity contribution is 5.78.